The summed E-state index contributed by atoms with van der Waals surface area (Å²) in [5, 5.41) is 0. The molecule has 4 heteroatoms. The first-order valence-electron chi connectivity index (χ1n) is 13.3. The van der Waals surface area contributed by atoms with Gasteiger partial charge in [0, 0.05) is 48.7 Å². The maximum Gasteiger partial charge on any atom is 0.231 e. The molecule has 0 amide bonds. The van der Waals surface area contributed by atoms with Crippen LogP contribution < -0.4 is 19.3 Å². The van der Waals surface area contributed by atoms with E-state index in [1.54, 1.807) is 0 Å². The van der Waals surface area contributed by atoms with Gasteiger partial charge in [0.15, 0.2) is 11.5 Å². The molecule has 0 spiro atoms. The molecule has 3 aromatic rings. The van der Waals surface area contributed by atoms with Crippen LogP contribution in [0.1, 0.15) is 52.7 Å². The lowest BCUT2D eigenvalue weighted by Crippen LogP contribution is -2.21. The number of nitrogens with zero attached hydrogens (tertiary/aromatic N) is 2. The van der Waals surface area contributed by atoms with Crippen LogP contribution in [0.3, 0.4) is 0 Å². The van der Waals surface area contributed by atoms with E-state index >= 15 is 0 Å². The second-order valence-corrected chi connectivity index (χ2v) is 8.96. The van der Waals surface area contributed by atoms with E-state index in [0.717, 1.165) is 61.6 Å². The Hall–Kier alpha value is -3.14. The number of aryl methyl sites for hydroxylation is 2. The van der Waals surface area contributed by atoms with Crippen LogP contribution in [0, 0.1) is 0 Å². The van der Waals surface area contributed by atoms with Gasteiger partial charge in [-0.1, -0.05) is 26.0 Å². The molecule has 0 bridgehead atoms. The van der Waals surface area contributed by atoms with E-state index in [1.165, 1.54) is 33.6 Å². The third kappa shape index (κ3) is 4.71. The molecule has 35 heavy (non-hydrogen) atoms. The van der Waals surface area contributed by atoms with Crippen LogP contribution in [-0.4, -0.2) is 33.0 Å². The number of fused-ring (bicyclic) bond motifs is 1. The van der Waals surface area contributed by atoms with Crippen molar-refractivity contribution in [2.24, 2.45) is 0 Å². The Labute approximate surface area is 211 Å². The van der Waals surface area contributed by atoms with E-state index < -0.39 is 0 Å². The van der Waals surface area contributed by atoms with Crippen molar-refractivity contribution in [3.63, 3.8) is 0 Å². The van der Waals surface area contributed by atoms with Crippen molar-refractivity contribution in [2.45, 2.75) is 54.4 Å². The number of hydrogen-bond acceptors (Lipinski definition) is 4. The van der Waals surface area contributed by atoms with Gasteiger partial charge in [-0.15, -0.1) is 0 Å². The zero-order valence-electron chi connectivity index (χ0n) is 22.3. The first-order chi connectivity index (χ1) is 17.1. The van der Waals surface area contributed by atoms with Gasteiger partial charge in [-0.25, -0.2) is 0 Å². The molecule has 0 N–H and O–H groups in total. The Kier molecular flexibility index (Phi) is 7.90. The maximum atomic E-state index is 6.10. The molecule has 0 aromatic heterocycles. The molecule has 1 aliphatic heterocycles. The first kappa shape index (κ1) is 25.0. The summed E-state index contributed by atoms with van der Waals surface area (Å²) in [7, 11) is 0. The Balaban J connectivity index is 1.79. The Morgan fingerprint density at radius 2 is 0.914 bits per heavy atom. The maximum absolute atomic E-state index is 6.10. The molecule has 1 heterocycles. The molecule has 0 saturated heterocycles. The molecule has 0 saturated carbocycles. The molecular formula is C31H40N2O2. The Bertz CT molecular complexity index is 1070. The summed E-state index contributed by atoms with van der Waals surface area (Å²) < 4.78 is 12.2. The van der Waals surface area contributed by atoms with Crippen LogP contribution in [0.5, 0.6) is 11.5 Å². The summed E-state index contributed by atoms with van der Waals surface area (Å²) in [6.07, 6.45) is 1.93. The molecule has 4 nitrogen and oxygen atoms in total. The van der Waals surface area contributed by atoms with Crippen LogP contribution >= 0.6 is 0 Å². The van der Waals surface area contributed by atoms with E-state index in [-0.39, 0.29) is 6.79 Å². The lowest BCUT2D eigenvalue weighted by Gasteiger charge is -2.23. The SMILES string of the molecule is CCc1cc(N(CC)CC)ccc1-c1ccc(-c2ccc(N(CC)CC)cc2CC)c2c1OCO2. The van der Waals surface area contributed by atoms with Crippen LogP contribution in [-0.2, 0) is 12.8 Å². The molecule has 0 fully saturated rings. The van der Waals surface area contributed by atoms with Gasteiger partial charge in [0.25, 0.3) is 0 Å². The quantitative estimate of drug-likeness (QED) is 0.304. The van der Waals surface area contributed by atoms with Crippen LogP contribution in [0.4, 0.5) is 11.4 Å². The number of anilines is 2. The monoisotopic (exact) mass is 472 g/mol. The highest BCUT2D eigenvalue weighted by molar-refractivity contribution is 5.86. The van der Waals surface area contributed by atoms with Crippen LogP contribution in [0.25, 0.3) is 22.3 Å². The van der Waals surface area contributed by atoms with Gasteiger partial charge >= 0.3 is 0 Å². The summed E-state index contributed by atoms with van der Waals surface area (Å²) in [5.41, 5.74) is 9.90. The fourth-order valence-corrected chi connectivity index (χ4v) is 5.26. The Morgan fingerprint density at radius 3 is 1.26 bits per heavy atom. The van der Waals surface area contributed by atoms with Crippen molar-refractivity contribution >= 4 is 11.4 Å². The highest BCUT2D eigenvalue weighted by Crippen LogP contribution is 2.49. The average molecular weight is 473 g/mol. The Morgan fingerprint density at radius 1 is 0.543 bits per heavy atom. The average Bonchev–Trinajstić information content (AvgIpc) is 3.40. The van der Waals surface area contributed by atoms with Crippen LogP contribution in [0.15, 0.2) is 48.5 Å². The van der Waals surface area contributed by atoms with E-state index in [0.29, 0.717) is 0 Å². The minimum atomic E-state index is 0.261. The topological polar surface area (TPSA) is 24.9 Å². The highest BCUT2D eigenvalue weighted by Gasteiger charge is 2.25. The van der Waals surface area contributed by atoms with E-state index in [9.17, 15) is 0 Å². The number of benzene rings is 3. The minimum absolute atomic E-state index is 0.261. The second-order valence-electron chi connectivity index (χ2n) is 8.96. The normalized spacial score (nSPS) is 12.2. The lowest BCUT2D eigenvalue weighted by molar-refractivity contribution is 0.174. The second kappa shape index (κ2) is 11.1. The number of ether oxygens (including phenoxy) is 2. The predicted molar refractivity (Wildman–Crippen MR) is 149 cm³/mol. The summed E-state index contributed by atoms with van der Waals surface area (Å²) in [6.45, 7) is 17.6. The van der Waals surface area contributed by atoms with Gasteiger partial charge in [0.05, 0.1) is 0 Å². The van der Waals surface area contributed by atoms with Gasteiger partial charge < -0.3 is 19.3 Å². The zero-order chi connectivity index (χ0) is 24.9. The molecular weight excluding hydrogens is 432 g/mol. The van der Waals surface area contributed by atoms with Gasteiger partial charge in [-0.3, -0.25) is 0 Å². The van der Waals surface area contributed by atoms with Gasteiger partial charge in [-0.2, -0.15) is 0 Å². The van der Waals surface area contributed by atoms with Gasteiger partial charge in [0.1, 0.15) is 0 Å². The van der Waals surface area contributed by atoms with Gasteiger partial charge in [0.2, 0.25) is 6.79 Å². The molecule has 186 valence electrons. The third-order valence-electron chi connectivity index (χ3n) is 7.30. The number of rotatable bonds is 10. The molecule has 4 rings (SSSR count). The van der Waals surface area contributed by atoms with E-state index in [2.05, 4.69) is 99.9 Å². The van der Waals surface area contributed by atoms with Crippen molar-refractivity contribution in [2.75, 3.05) is 42.8 Å². The number of hydrogen-bond donors (Lipinski definition) is 0. The molecule has 0 radical (unpaired) electrons. The third-order valence-corrected chi connectivity index (χ3v) is 7.30. The molecule has 3 aromatic carbocycles. The van der Waals surface area contributed by atoms with Crippen molar-refractivity contribution < 1.29 is 9.47 Å². The molecule has 0 atom stereocenters. The summed E-state index contributed by atoms with van der Waals surface area (Å²) >= 11 is 0. The smallest absolute Gasteiger partial charge is 0.231 e. The standard InChI is InChI=1S/C31H40N2O2/c1-7-22-19-24(32(9-3)10-4)13-15-26(22)28-17-18-29(31-30(28)34-21-35-31)27-16-14-25(20-23(27)8-2)33(11-5)12-6/h13-20H,7-12,21H2,1-6H3. The molecule has 0 unspecified atom stereocenters. The molecule has 0 aliphatic carbocycles. The highest BCUT2D eigenvalue weighted by atomic mass is 16.7. The largest absolute Gasteiger partial charge is 0.453 e. The van der Waals surface area contributed by atoms with Crippen molar-refractivity contribution in [3.8, 4) is 33.8 Å². The zero-order valence-corrected chi connectivity index (χ0v) is 22.3. The predicted octanol–water partition coefficient (Wildman–Crippen LogP) is 7.57. The fourth-order valence-electron chi connectivity index (χ4n) is 5.26. The van der Waals surface area contributed by atoms with Crippen LogP contribution in [0.2, 0.25) is 0 Å². The van der Waals surface area contributed by atoms with E-state index in [4.69, 9.17) is 9.47 Å². The first-order valence-corrected chi connectivity index (χ1v) is 13.3. The summed E-state index contributed by atoms with van der Waals surface area (Å²) in [6, 6.07) is 18.1. The van der Waals surface area contributed by atoms with Crippen molar-refractivity contribution in [1.29, 1.82) is 0 Å². The van der Waals surface area contributed by atoms with E-state index in [1.807, 2.05) is 0 Å². The van der Waals surface area contributed by atoms with Crippen molar-refractivity contribution in [3.05, 3.63) is 59.7 Å². The van der Waals surface area contributed by atoms with Gasteiger partial charge in [-0.05, 0) is 99.2 Å². The molecule has 1 aliphatic rings. The fraction of sp³-hybridized carbons (Fsp3) is 0.419. The summed E-state index contributed by atoms with van der Waals surface area (Å²) in [5.74, 6) is 1.73. The lowest BCUT2D eigenvalue weighted by atomic mass is 9.91. The summed E-state index contributed by atoms with van der Waals surface area (Å²) in [4.78, 5) is 4.79. The minimum Gasteiger partial charge on any atom is -0.453 e. The van der Waals surface area contributed by atoms with Crippen molar-refractivity contribution in [1.82, 2.24) is 0 Å².